The van der Waals surface area contributed by atoms with Crippen LogP contribution in [0.2, 0.25) is 5.02 Å². The normalized spacial score (nSPS) is 11.4. The maximum atomic E-state index is 11.7. The van der Waals surface area contributed by atoms with Crippen molar-refractivity contribution in [3.63, 3.8) is 0 Å². The number of hydrogen-bond acceptors (Lipinski definition) is 4. The van der Waals surface area contributed by atoms with E-state index >= 15 is 0 Å². The van der Waals surface area contributed by atoms with Crippen molar-refractivity contribution in [1.82, 2.24) is 4.72 Å². The summed E-state index contributed by atoms with van der Waals surface area (Å²) in [5, 5.41) is 3.71. The number of rotatable bonds is 4. The average molecular weight is 391 g/mol. The fourth-order valence-corrected chi connectivity index (χ4v) is 2.93. The average Bonchev–Trinajstić information content (AvgIpc) is 2.45. The Balaban J connectivity index is 2.31. The minimum Gasteiger partial charge on any atom is -0.397 e. The minimum absolute atomic E-state index is 0.116. The zero-order chi connectivity index (χ0) is 15.6. The van der Waals surface area contributed by atoms with Gasteiger partial charge in [-0.2, -0.15) is 0 Å². The van der Waals surface area contributed by atoms with Crippen LogP contribution in [0.5, 0.6) is 0 Å². The molecular weight excluding hydrogens is 378 g/mol. The van der Waals surface area contributed by atoms with Gasteiger partial charge in [-0.05, 0) is 59.4 Å². The summed E-state index contributed by atoms with van der Waals surface area (Å²) in [6.07, 6.45) is 0. The van der Waals surface area contributed by atoms with E-state index in [2.05, 4.69) is 26.0 Å². The molecule has 0 aliphatic heterocycles. The smallest absolute Gasteiger partial charge is 0.240 e. The van der Waals surface area contributed by atoms with E-state index in [1.807, 2.05) is 0 Å². The quantitative estimate of drug-likeness (QED) is 0.699. The molecular formula is C13H13BrClN3O2S. The van der Waals surface area contributed by atoms with Crippen LogP contribution in [0.1, 0.15) is 0 Å². The van der Waals surface area contributed by atoms with Crippen LogP contribution in [-0.2, 0) is 10.0 Å². The molecule has 2 rings (SSSR count). The molecule has 2 aromatic carbocycles. The van der Waals surface area contributed by atoms with Crippen LogP contribution in [-0.4, -0.2) is 15.5 Å². The van der Waals surface area contributed by atoms with Crippen LogP contribution in [0.4, 0.5) is 17.1 Å². The van der Waals surface area contributed by atoms with E-state index < -0.39 is 10.0 Å². The number of sulfonamides is 1. The van der Waals surface area contributed by atoms with Crippen LogP contribution in [0.3, 0.4) is 0 Å². The Kier molecular flexibility index (Phi) is 4.77. The van der Waals surface area contributed by atoms with Crippen LogP contribution in [0.25, 0.3) is 0 Å². The monoisotopic (exact) mass is 389 g/mol. The number of hydrogen-bond donors (Lipinski definition) is 3. The molecule has 2 aromatic rings. The third kappa shape index (κ3) is 3.68. The largest absolute Gasteiger partial charge is 0.397 e. The van der Waals surface area contributed by atoms with Gasteiger partial charge in [0.15, 0.2) is 0 Å². The molecule has 0 fully saturated rings. The Morgan fingerprint density at radius 1 is 1.19 bits per heavy atom. The van der Waals surface area contributed by atoms with Gasteiger partial charge in [0.25, 0.3) is 0 Å². The molecule has 112 valence electrons. The van der Waals surface area contributed by atoms with Crippen molar-refractivity contribution in [2.24, 2.45) is 0 Å². The van der Waals surface area contributed by atoms with Gasteiger partial charge in [0.05, 0.1) is 21.3 Å². The Labute approximate surface area is 136 Å². The third-order valence-corrected chi connectivity index (χ3v) is 5.43. The molecule has 0 heterocycles. The molecule has 0 aromatic heterocycles. The maximum Gasteiger partial charge on any atom is 0.240 e. The number of anilines is 3. The van der Waals surface area contributed by atoms with Crippen molar-refractivity contribution in [3.05, 3.63) is 45.9 Å². The minimum atomic E-state index is -3.51. The molecule has 8 heteroatoms. The lowest BCUT2D eigenvalue weighted by Crippen LogP contribution is -2.18. The second-order valence-corrected chi connectivity index (χ2v) is 7.36. The number of nitrogens with two attached hydrogens (primary N) is 1. The van der Waals surface area contributed by atoms with E-state index in [9.17, 15) is 8.42 Å². The molecule has 0 atom stereocenters. The lowest BCUT2D eigenvalue weighted by Gasteiger charge is -2.12. The summed E-state index contributed by atoms with van der Waals surface area (Å²) in [5.74, 6) is 0. The summed E-state index contributed by atoms with van der Waals surface area (Å²) in [5.41, 5.74) is 7.62. The SMILES string of the molecule is CNS(=O)(=O)c1ccc(Nc2ccc(Cl)c(Br)c2)c(N)c1. The molecule has 21 heavy (non-hydrogen) atoms. The van der Waals surface area contributed by atoms with Crippen molar-refractivity contribution >= 4 is 54.6 Å². The first-order valence-corrected chi connectivity index (χ1v) is 8.54. The summed E-state index contributed by atoms with van der Waals surface area (Å²) < 4.78 is 26.4. The van der Waals surface area contributed by atoms with Gasteiger partial charge in [-0.15, -0.1) is 0 Å². The second-order valence-electron chi connectivity index (χ2n) is 4.21. The Hall–Kier alpha value is -1.28. The standard InChI is InChI=1S/C13H13BrClN3O2S/c1-17-21(19,20)9-3-5-13(12(16)7-9)18-8-2-4-11(15)10(14)6-8/h2-7,17-18H,16H2,1H3. The first kappa shape index (κ1) is 16.1. The highest BCUT2D eigenvalue weighted by Crippen LogP contribution is 2.30. The highest BCUT2D eigenvalue weighted by atomic mass is 79.9. The van der Waals surface area contributed by atoms with E-state index in [0.29, 0.717) is 16.4 Å². The van der Waals surface area contributed by atoms with Crippen molar-refractivity contribution in [1.29, 1.82) is 0 Å². The summed E-state index contributed by atoms with van der Waals surface area (Å²) in [6, 6.07) is 9.84. The fourth-order valence-electron chi connectivity index (χ4n) is 1.67. The summed E-state index contributed by atoms with van der Waals surface area (Å²) in [7, 11) is -2.16. The number of halogens is 2. The van der Waals surface area contributed by atoms with Crippen molar-refractivity contribution in [2.45, 2.75) is 4.90 Å². The van der Waals surface area contributed by atoms with Gasteiger partial charge in [0.2, 0.25) is 10.0 Å². The maximum absolute atomic E-state index is 11.7. The highest BCUT2D eigenvalue weighted by molar-refractivity contribution is 9.10. The van der Waals surface area contributed by atoms with Crippen LogP contribution < -0.4 is 15.8 Å². The van der Waals surface area contributed by atoms with Gasteiger partial charge in [-0.25, -0.2) is 13.1 Å². The van der Waals surface area contributed by atoms with Gasteiger partial charge in [0.1, 0.15) is 0 Å². The second kappa shape index (κ2) is 6.23. The Morgan fingerprint density at radius 2 is 1.90 bits per heavy atom. The fraction of sp³-hybridized carbons (Fsp3) is 0.0769. The van der Waals surface area contributed by atoms with Crippen molar-refractivity contribution in [3.8, 4) is 0 Å². The first-order valence-electron chi connectivity index (χ1n) is 5.88. The lowest BCUT2D eigenvalue weighted by molar-refractivity contribution is 0.588. The van der Waals surface area contributed by atoms with Crippen LogP contribution in [0, 0.1) is 0 Å². The third-order valence-electron chi connectivity index (χ3n) is 2.80. The molecule has 5 nitrogen and oxygen atoms in total. The molecule has 0 aliphatic carbocycles. The number of nitrogen functional groups attached to an aromatic ring is 1. The molecule has 0 unspecified atom stereocenters. The molecule has 0 radical (unpaired) electrons. The predicted molar refractivity (Wildman–Crippen MR) is 89.5 cm³/mol. The van der Waals surface area contributed by atoms with E-state index in [-0.39, 0.29) is 4.90 Å². The summed E-state index contributed by atoms with van der Waals surface area (Å²) in [4.78, 5) is 0.116. The summed E-state index contributed by atoms with van der Waals surface area (Å²) in [6.45, 7) is 0. The van der Waals surface area contributed by atoms with E-state index in [1.165, 1.54) is 19.2 Å². The number of nitrogens with one attached hydrogen (secondary N) is 2. The molecule has 0 saturated carbocycles. The van der Waals surface area contributed by atoms with E-state index in [4.69, 9.17) is 17.3 Å². The van der Waals surface area contributed by atoms with Gasteiger partial charge in [-0.3, -0.25) is 0 Å². The van der Waals surface area contributed by atoms with Crippen LogP contribution >= 0.6 is 27.5 Å². The first-order chi connectivity index (χ1) is 9.83. The molecule has 0 spiro atoms. The highest BCUT2D eigenvalue weighted by Gasteiger charge is 2.13. The Bertz CT molecular complexity index is 781. The van der Waals surface area contributed by atoms with E-state index in [1.54, 1.807) is 24.3 Å². The molecule has 4 N–H and O–H groups in total. The zero-order valence-electron chi connectivity index (χ0n) is 11.0. The zero-order valence-corrected chi connectivity index (χ0v) is 14.2. The lowest BCUT2D eigenvalue weighted by atomic mass is 10.2. The van der Waals surface area contributed by atoms with Gasteiger partial charge >= 0.3 is 0 Å². The van der Waals surface area contributed by atoms with Gasteiger partial charge in [0, 0.05) is 10.2 Å². The predicted octanol–water partition coefficient (Wildman–Crippen LogP) is 3.34. The molecule has 0 saturated heterocycles. The molecule has 0 bridgehead atoms. The topological polar surface area (TPSA) is 84.2 Å². The molecule has 0 amide bonds. The number of benzene rings is 2. The Morgan fingerprint density at radius 3 is 2.48 bits per heavy atom. The van der Waals surface area contributed by atoms with Crippen molar-refractivity contribution < 1.29 is 8.42 Å². The van der Waals surface area contributed by atoms with Crippen molar-refractivity contribution in [2.75, 3.05) is 18.1 Å². The van der Waals surface area contributed by atoms with Gasteiger partial charge < -0.3 is 11.1 Å². The van der Waals surface area contributed by atoms with Gasteiger partial charge in [-0.1, -0.05) is 11.6 Å². The van der Waals surface area contributed by atoms with E-state index in [0.717, 1.165) is 10.2 Å². The summed E-state index contributed by atoms with van der Waals surface area (Å²) >= 11 is 9.26. The molecule has 0 aliphatic rings. The van der Waals surface area contributed by atoms with Crippen LogP contribution in [0.15, 0.2) is 45.8 Å².